The van der Waals surface area contributed by atoms with E-state index in [1.165, 1.54) is 17.0 Å². The number of nitrogens with one attached hydrogen (secondary N) is 1. The number of benzene rings is 1. The second-order valence-corrected chi connectivity index (χ2v) is 5.69. The Morgan fingerprint density at radius 2 is 1.96 bits per heavy atom. The van der Waals surface area contributed by atoms with Crippen LogP contribution in [0.5, 0.6) is 11.5 Å². The predicted octanol–water partition coefficient (Wildman–Crippen LogP) is 1.71. The molecule has 1 N–H and O–H groups in total. The lowest BCUT2D eigenvalue weighted by atomic mass is 10.2. The lowest BCUT2D eigenvalue weighted by Gasteiger charge is -2.08. The van der Waals surface area contributed by atoms with Crippen molar-refractivity contribution in [1.29, 1.82) is 0 Å². The Balaban J connectivity index is 1.92. The van der Waals surface area contributed by atoms with Gasteiger partial charge in [-0.15, -0.1) is 0 Å². The summed E-state index contributed by atoms with van der Waals surface area (Å²) in [5.41, 5.74) is 2.06. The summed E-state index contributed by atoms with van der Waals surface area (Å²) in [4.78, 5) is 28.2. The summed E-state index contributed by atoms with van der Waals surface area (Å²) >= 11 is 0. The Morgan fingerprint density at radius 1 is 1.23 bits per heavy atom. The zero-order valence-corrected chi connectivity index (χ0v) is 15.4. The van der Waals surface area contributed by atoms with E-state index >= 15 is 0 Å². The third kappa shape index (κ3) is 4.72. The Kier molecular flexibility index (Phi) is 6.54. The highest BCUT2D eigenvalue weighted by Crippen LogP contribution is 2.27. The highest BCUT2D eigenvalue weighted by Gasteiger charge is 2.05. The smallest absolute Gasteiger partial charge is 0.256 e. The van der Waals surface area contributed by atoms with Crippen molar-refractivity contribution in [3.8, 4) is 11.5 Å². The fraction of sp³-hybridized carbons (Fsp3) is 0.316. The van der Waals surface area contributed by atoms with Gasteiger partial charge in [-0.25, -0.2) is 4.98 Å². The minimum Gasteiger partial charge on any atom is -0.493 e. The van der Waals surface area contributed by atoms with Gasteiger partial charge >= 0.3 is 0 Å². The van der Waals surface area contributed by atoms with Gasteiger partial charge in [-0.05, 0) is 37.6 Å². The quantitative estimate of drug-likeness (QED) is 0.763. The highest BCUT2D eigenvalue weighted by atomic mass is 16.5. The summed E-state index contributed by atoms with van der Waals surface area (Å²) in [5, 5.41) is 2.74. The van der Waals surface area contributed by atoms with Crippen LogP contribution in [0.3, 0.4) is 0 Å². The molecule has 0 saturated carbocycles. The van der Waals surface area contributed by atoms with Gasteiger partial charge in [-0.2, -0.15) is 0 Å². The van der Waals surface area contributed by atoms with Crippen LogP contribution in [0.15, 0.2) is 35.4 Å². The average molecular weight is 357 g/mol. The predicted molar refractivity (Wildman–Crippen MR) is 99.6 cm³/mol. The topological polar surface area (TPSA) is 82.5 Å². The summed E-state index contributed by atoms with van der Waals surface area (Å²) in [6.45, 7) is 4.23. The molecule has 1 aromatic heterocycles. The molecule has 1 aromatic carbocycles. The van der Waals surface area contributed by atoms with Crippen LogP contribution < -0.4 is 20.3 Å². The van der Waals surface area contributed by atoms with E-state index in [0.29, 0.717) is 35.8 Å². The van der Waals surface area contributed by atoms with Gasteiger partial charge in [0.05, 0.1) is 20.5 Å². The fourth-order valence-corrected chi connectivity index (χ4v) is 2.32. The number of aryl methyl sites for hydroxylation is 1. The average Bonchev–Trinajstić information content (AvgIpc) is 2.66. The van der Waals surface area contributed by atoms with Crippen molar-refractivity contribution in [2.24, 2.45) is 0 Å². The largest absolute Gasteiger partial charge is 0.493 e. The van der Waals surface area contributed by atoms with Gasteiger partial charge in [0.1, 0.15) is 0 Å². The molecule has 0 saturated heterocycles. The Morgan fingerprint density at radius 3 is 2.65 bits per heavy atom. The number of carbonyl (C=O) groups is 1. The fourth-order valence-electron chi connectivity index (χ4n) is 2.32. The monoisotopic (exact) mass is 357 g/mol. The molecular weight excluding hydrogens is 334 g/mol. The van der Waals surface area contributed by atoms with Crippen molar-refractivity contribution in [2.45, 2.75) is 20.4 Å². The van der Waals surface area contributed by atoms with Crippen molar-refractivity contribution < 1.29 is 14.3 Å². The summed E-state index contributed by atoms with van der Waals surface area (Å²) < 4.78 is 11.9. The van der Waals surface area contributed by atoms with Gasteiger partial charge in [0, 0.05) is 30.4 Å². The van der Waals surface area contributed by atoms with Crippen LogP contribution in [0.2, 0.25) is 0 Å². The maximum Gasteiger partial charge on any atom is 0.256 e. The highest BCUT2D eigenvalue weighted by molar-refractivity contribution is 5.91. The first-order chi connectivity index (χ1) is 12.5. The van der Waals surface area contributed by atoms with E-state index in [-0.39, 0.29) is 11.5 Å². The number of hydrogen-bond donors (Lipinski definition) is 1. The Hall–Kier alpha value is -3.09. The SMILES string of the molecule is COc1ccc(/C=C/C(=O)NCCn2cnc(C)c(C)c2=O)cc1OC. The molecule has 1 heterocycles. The molecule has 0 bridgehead atoms. The van der Waals surface area contributed by atoms with Crippen LogP contribution in [-0.2, 0) is 11.3 Å². The van der Waals surface area contributed by atoms with Crippen molar-refractivity contribution in [2.75, 3.05) is 20.8 Å². The molecule has 0 radical (unpaired) electrons. The first-order valence-corrected chi connectivity index (χ1v) is 8.17. The van der Waals surface area contributed by atoms with Crippen LogP contribution in [0.4, 0.5) is 0 Å². The van der Waals surface area contributed by atoms with Crippen molar-refractivity contribution >= 4 is 12.0 Å². The third-order valence-electron chi connectivity index (χ3n) is 4.00. The van der Waals surface area contributed by atoms with E-state index in [4.69, 9.17) is 9.47 Å². The van der Waals surface area contributed by atoms with E-state index in [2.05, 4.69) is 10.3 Å². The lowest BCUT2D eigenvalue weighted by molar-refractivity contribution is -0.116. The Bertz CT molecular complexity index is 872. The second-order valence-electron chi connectivity index (χ2n) is 5.69. The lowest BCUT2D eigenvalue weighted by Crippen LogP contribution is -2.31. The van der Waals surface area contributed by atoms with Crippen LogP contribution in [0.25, 0.3) is 6.08 Å². The Labute approximate surface area is 152 Å². The van der Waals surface area contributed by atoms with Crippen LogP contribution in [0, 0.1) is 13.8 Å². The molecule has 0 fully saturated rings. The molecule has 0 atom stereocenters. The number of methoxy groups -OCH3 is 2. The van der Waals surface area contributed by atoms with Gasteiger partial charge in [0.25, 0.3) is 5.56 Å². The number of hydrogen-bond acceptors (Lipinski definition) is 5. The molecule has 0 spiro atoms. The molecule has 0 aliphatic heterocycles. The molecule has 7 heteroatoms. The number of rotatable bonds is 7. The molecule has 2 aromatic rings. The summed E-state index contributed by atoms with van der Waals surface area (Å²) in [6.07, 6.45) is 4.61. The second kappa shape index (κ2) is 8.84. The van der Waals surface area contributed by atoms with Gasteiger partial charge in [-0.1, -0.05) is 6.07 Å². The number of carbonyl (C=O) groups excluding carboxylic acids is 1. The minimum atomic E-state index is -0.246. The van der Waals surface area contributed by atoms with Crippen LogP contribution >= 0.6 is 0 Å². The van der Waals surface area contributed by atoms with Crippen molar-refractivity contribution in [1.82, 2.24) is 14.9 Å². The van der Waals surface area contributed by atoms with Crippen LogP contribution in [-0.4, -0.2) is 36.2 Å². The maximum absolute atomic E-state index is 12.1. The van der Waals surface area contributed by atoms with Crippen molar-refractivity contribution in [3.05, 3.63) is 57.8 Å². The zero-order valence-electron chi connectivity index (χ0n) is 15.4. The molecule has 26 heavy (non-hydrogen) atoms. The van der Waals surface area contributed by atoms with E-state index in [9.17, 15) is 9.59 Å². The van der Waals surface area contributed by atoms with Crippen LogP contribution in [0.1, 0.15) is 16.8 Å². The van der Waals surface area contributed by atoms with Gasteiger partial charge in [0.2, 0.25) is 5.91 Å². The van der Waals surface area contributed by atoms with E-state index in [0.717, 1.165) is 5.56 Å². The number of nitrogens with zero attached hydrogens (tertiary/aromatic N) is 2. The normalized spacial score (nSPS) is 10.8. The first kappa shape index (κ1) is 19.2. The molecule has 1 amide bonds. The van der Waals surface area contributed by atoms with Gasteiger partial charge in [-0.3, -0.25) is 14.2 Å². The van der Waals surface area contributed by atoms with Gasteiger partial charge < -0.3 is 14.8 Å². The molecule has 138 valence electrons. The number of ether oxygens (including phenoxy) is 2. The summed E-state index contributed by atoms with van der Waals surface area (Å²) in [6, 6.07) is 5.38. The third-order valence-corrected chi connectivity index (χ3v) is 4.00. The number of aromatic nitrogens is 2. The summed E-state index contributed by atoms with van der Waals surface area (Å²) in [5.74, 6) is 0.975. The first-order valence-electron chi connectivity index (χ1n) is 8.17. The standard InChI is InChI=1S/C19H23N3O4/c1-13-14(2)21-12-22(19(13)24)10-9-20-18(23)8-6-15-5-7-16(25-3)17(11-15)26-4/h5-8,11-12H,9-10H2,1-4H3,(H,20,23)/b8-6+. The molecule has 0 aliphatic rings. The number of amides is 1. The summed E-state index contributed by atoms with van der Waals surface area (Å²) in [7, 11) is 3.12. The van der Waals surface area contributed by atoms with E-state index in [1.54, 1.807) is 46.3 Å². The van der Waals surface area contributed by atoms with Gasteiger partial charge in [0.15, 0.2) is 11.5 Å². The van der Waals surface area contributed by atoms with E-state index < -0.39 is 0 Å². The van der Waals surface area contributed by atoms with E-state index in [1.807, 2.05) is 6.07 Å². The molecule has 0 unspecified atom stereocenters. The minimum absolute atomic E-state index is 0.0902. The molecule has 0 aliphatic carbocycles. The van der Waals surface area contributed by atoms with Crippen molar-refractivity contribution in [3.63, 3.8) is 0 Å². The zero-order chi connectivity index (χ0) is 19.1. The maximum atomic E-state index is 12.1. The molecule has 2 rings (SSSR count). The molecule has 7 nitrogen and oxygen atoms in total. The molecular formula is C19H23N3O4.